The molecular formula is C20H26N2O3. The SMILES string of the molecule is CCN(C(=O)CCCN1C(=O)c2ccccc2C1=O)C1CCCCC1. The predicted molar refractivity (Wildman–Crippen MR) is 95.3 cm³/mol. The quantitative estimate of drug-likeness (QED) is 0.746. The van der Waals surface area contributed by atoms with Gasteiger partial charge in [-0.25, -0.2) is 0 Å². The van der Waals surface area contributed by atoms with Crippen molar-refractivity contribution in [1.29, 1.82) is 0 Å². The zero-order valence-corrected chi connectivity index (χ0v) is 14.9. The van der Waals surface area contributed by atoms with E-state index < -0.39 is 0 Å². The van der Waals surface area contributed by atoms with Gasteiger partial charge in [-0.05, 0) is 38.3 Å². The average molecular weight is 342 g/mol. The van der Waals surface area contributed by atoms with Gasteiger partial charge >= 0.3 is 0 Å². The summed E-state index contributed by atoms with van der Waals surface area (Å²) in [6.07, 6.45) is 6.76. The summed E-state index contributed by atoms with van der Waals surface area (Å²) in [5.74, 6) is -0.341. The minimum absolute atomic E-state index is 0.144. The fraction of sp³-hybridized carbons (Fsp3) is 0.550. The van der Waals surface area contributed by atoms with E-state index in [-0.39, 0.29) is 17.7 Å². The third-order valence-electron chi connectivity index (χ3n) is 5.33. The first-order valence-electron chi connectivity index (χ1n) is 9.38. The normalized spacial score (nSPS) is 17.7. The molecule has 5 nitrogen and oxygen atoms in total. The van der Waals surface area contributed by atoms with Gasteiger partial charge in [-0.3, -0.25) is 19.3 Å². The summed E-state index contributed by atoms with van der Waals surface area (Å²) in [4.78, 5) is 40.5. The molecule has 3 amide bonds. The van der Waals surface area contributed by atoms with Crippen LogP contribution in [0.3, 0.4) is 0 Å². The van der Waals surface area contributed by atoms with Gasteiger partial charge in [-0.1, -0.05) is 31.4 Å². The lowest BCUT2D eigenvalue weighted by molar-refractivity contribution is -0.134. The Labute approximate surface area is 149 Å². The molecule has 0 radical (unpaired) electrons. The molecular weight excluding hydrogens is 316 g/mol. The number of amides is 3. The van der Waals surface area contributed by atoms with Crippen molar-refractivity contribution in [3.05, 3.63) is 35.4 Å². The summed E-state index contributed by atoms with van der Waals surface area (Å²) in [7, 11) is 0. The molecule has 1 aromatic carbocycles. The second kappa shape index (κ2) is 7.81. The lowest BCUT2D eigenvalue weighted by atomic mass is 9.94. The van der Waals surface area contributed by atoms with Crippen molar-refractivity contribution < 1.29 is 14.4 Å². The van der Waals surface area contributed by atoms with Crippen LogP contribution in [0, 0.1) is 0 Å². The molecule has 0 saturated heterocycles. The fourth-order valence-electron chi connectivity index (χ4n) is 4.01. The van der Waals surface area contributed by atoms with Crippen LogP contribution >= 0.6 is 0 Å². The molecule has 1 fully saturated rings. The Hall–Kier alpha value is -2.17. The van der Waals surface area contributed by atoms with E-state index in [9.17, 15) is 14.4 Å². The van der Waals surface area contributed by atoms with Crippen LogP contribution in [-0.2, 0) is 4.79 Å². The van der Waals surface area contributed by atoms with E-state index >= 15 is 0 Å². The monoisotopic (exact) mass is 342 g/mol. The Balaban J connectivity index is 1.53. The second-order valence-electron chi connectivity index (χ2n) is 6.88. The molecule has 0 aromatic heterocycles. The van der Waals surface area contributed by atoms with Crippen molar-refractivity contribution in [1.82, 2.24) is 9.80 Å². The summed E-state index contributed by atoms with van der Waals surface area (Å²) in [5, 5.41) is 0. The van der Waals surface area contributed by atoms with E-state index in [1.54, 1.807) is 24.3 Å². The lowest BCUT2D eigenvalue weighted by Gasteiger charge is -2.33. The first-order valence-corrected chi connectivity index (χ1v) is 9.38. The van der Waals surface area contributed by atoms with Gasteiger partial charge in [0, 0.05) is 25.6 Å². The standard InChI is InChI=1S/C20H26N2O3/c1-2-21(15-9-4-3-5-10-15)18(23)13-8-14-22-19(24)16-11-6-7-12-17(16)20(22)25/h6-7,11-12,15H,2-5,8-10,13-14H2,1H3. The van der Waals surface area contributed by atoms with Crippen LogP contribution in [0.2, 0.25) is 0 Å². The number of carbonyl (C=O) groups excluding carboxylic acids is 3. The number of hydrogen-bond acceptors (Lipinski definition) is 3. The van der Waals surface area contributed by atoms with Crippen LogP contribution in [0.4, 0.5) is 0 Å². The number of carbonyl (C=O) groups is 3. The molecule has 1 aliphatic heterocycles. The van der Waals surface area contributed by atoms with E-state index in [4.69, 9.17) is 0 Å². The van der Waals surface area contributed by atoms with Gasteiger partial charge in [-0.15, -0.1) is 0 Å². The zero-order valence-electron chi connectivity index (χ0n) is 14.9. The fourth-order valence-corrected chi connectivity index (χ4v) is 4.01. The van der Waals surface area contributed by atoms with E-state index in [2.05, 4.69) is 0 Å². The number of nitrogens with zero attached hydrogens (tertiary/aromatic N) is 2. The van der Waals surface area contributed by atoms with Crippen LogP contribution in [0.1, 0.15) is 72.6 Å². The third-order valence-corrected chi connectivity index (χ3v) is 5.33. The number of imide groups is 1. The van der Waals surface area contributed by atoms with E-state index in [1.807, 2.05) is 11.8 Å². The molecule has 1 aliphatic carbocycles. The zero-order chi connectivity index (χ0) is 17.8. The second-order valence-corrected chi connectivity index (χ2v) is 6.88. The maximum atomic E-state index is 12.6. The van der Waals surface area contributed by atoms with Crippen molar-refractivity contribution >= 4 is 17.7 Å². The highest BCUT2D eigenvalue weighted by atomic mass is 16.2. The molecule has 3 rings (SSSR count). The maximum Gasteiger partial charge on any atom is 0.261 e. The average Bonchev–Trinajstić information content (AvgIpc) is 2.88. The minimum Gasteiger partial charge on any atom is -0.340 e. The van der Waals surface area contributed by atoms with Gasteiger partial charge in [0.05, 0.1) is 11.1 Å². The van der Waals surface area contributed by atoms with Crippen molar-refractivity contribution in [3.63, 3.8) is 0 Å². The highest BCUT2D eigenvalue weighted by Crippen LogP contribution is 2.24. The third kappa shape index (κ3) is 3.60. The number of benzene rings is 1. The Morgan fingerprint density at radius 1 is 1.08 bits per heavy atom. The van der Waals surface area contributed by atoms with Crippen molar-refractivity contribution in [3.8, 4) is 0 Å². The molecule has 1 heterocycles. The first kappa shape index (κ1) is 17.6. The Morgan fingerprint density at radius 2 is 1.68 bits per heavy atom. The van der Waals surface area contributed by atoms with Crippen LogP contribution in [-0.4, -0.2) is 46.7 Å². The van der Waals surface area contributed by atoms with E-state index in [0.717, 1.165) is 19.4 Å². The van der Waals surface area contributed by atoms with Gasteiger partial charge in [-0.2, -0.15) is 0 Å². The molecule has 1 aromatic rings. The van der Waals surface area contributed by atoms with Crippen molar-refractivity contribution in [2.75, 3.05) is 13.1 Å². The van der Waals surface area contributed by atoms with Crippen molar-refractivity contribution in [2.24, 2.45) is 0 Å². The van der Waals surface area contributed by atoms with Gasteiger partial charge in [0.25, 0.3) is 11.8 Å². The predicted octanol–water partition coefficient (Wildman–Crippen LogP) is 3.24. The molecule has 0 N–H and O–H groups in total. The topological polar surface area (TPSA) is 57.7 Å². The molecule has 5 heteroatoms. The molecule has 0 spiro atoms. The van der Waals surface area contributed by atoms with E-state index in [0.29, 0.717) is 36.6 Å². The molecule has 0 bridgehead atoms. The first-order chi connectivity index (χ1) is 12.1. The summed E-state index contributed by atoms with van der Waals surface area (Å²) in [6, 6.07) is 7.26. The summed E-state index contributed by atoms with van der Waals surface area (Å²) in [6.45, 7) is 3.06. The largest absolute Gasteiger partial charge is 0.340 e. The van der Waals surface area contributed by atoms with Crippen molar-refractivity contribution in [2.45, 2.75) is 57.9 Å². The van der Waals surface area contributed by atoms with Gasteiger partial charge in [0.2, 0.25) is 5.91 Å². The molecule has 134 valence electrons. The molecule has 0 unspecified atom stereocenters. The summed E-state index contributed by atoms with van der Waals surface area (Å²) in [5.41, 5.74) is 0.937. The summed E-state index contributed by atoms with van der Waals surface area (Å²) >= 11 is 0. The number of hydrogen-bond donors (Lipinski definition) is 0. The Kier molecular flexibility index (Phi) is 5.51. The van der Waals surface area contributed by atoms with Crippen LogP contribution in [0.25, 0.3) is 0 Å². The Morgan fingerprint density at radius 3 is 2.24 bits per heavy atom. The lowest BCUT2D eigenvalue weighted by Crippen LogP contribution is -2.41. The van der Waals surface area contributed by atoms with Crippen LogP contribution in [0.5, 0.6) is 0 Å². The highest BCUT2D eigenvalue weighted by Gasteiger charge is 2.34. The van der Waals surface area contributed by atoms with Gasteiger partial charge in [0.1, 0.15) is 0 Å². The highest BCUT2D eigenvalue weighted by molar-refractivity contribution is 6.21. The van der Waals surface area contributed by atoms with Gasteiger partial charge < -0.3 is 4.90 Å². The summed E-state index contributed by atoms with van der Waals surface area (Å²) < 4.78 is 0. The Bertz CT molecular complexity index is 630. The van der Waals surface area contributed by atoms with E-state index in [1.165, 1.54) is 24.2 Å². The number of fused-ring (bicyclic) bond motifs is 1. The van der Waals surface area contributed by atoms with Crippen LogP contribution in [0.15, 0.2) is 24.3 Å². The molecule has 0 atom stereocenters. The maximum absolute atomic E-state index is 12.6. The smallest absolute Gasteiger partial charge is 0.261 e. The minimum atomic E-state index is -0.243. The van der Waals surface area contributed by atoms with Gasteiger partial charge in [0.15, 0.2) is 0 Å². The molecule has 2 aliphatic rings. The molecule has 25 heavy (non-hydrogen) atoms. The number of rotatable bonds is 6. The molecule has 1 saturated carbocycles. The van der Waals surface area contributed by atoms with Crippen LogP contribution < -0.4 is 0 Å².